The molecule has 2 fully saturated rings. The fraction of sp³-hybridized carbons (Fsp3) is 1.00. The first-order chi connectivity index (χ1) is 7.45. The van der Waals surface area contributed by atoms with Crippen molar-refractivity contribution >= 4 is 23.5 Å². The molecule has 0 aromatic heterocycles. The van der Waals surface area contributed by atoms with Crippen molar-refractivity contribution in [2.24, 2.45) is 5.92 Å². The number of piperidine rings is 1. The Labute approximate surface area is 102 Å². The van der Waals surface area contributed by atoms with Gasteiger partial charge in [0.2, 0.25) is 0 Å². The Morgan fingerprint density at radius 1 is 1.13 bits per heavy atom. The standard InChI is InChI=1S/C11H22N2S2/c1-3-12-4-2-10(1)7-13-8-11-9-14-5-6-15-11/h10-13H,1-9H2. The van der Waals surface area contributed by atoms with Gasteiger partial charge in [-0.2, -0.15) is 23.5 Å². The van der Waals surface area contributed by atoms with Gasteiger partial charge in [-0.25, -0.2) is 0 Å². The van der Waals surface area contributed by atoms with Gasteiger partial charge in [0.1, 0.15) is 0 Å². The van der Waals surface area contributed by atoms with E-state index in [1.54, 1.807) is 0 Å². The van der Waals surface area contributed by atoms with Crippen molar-refractivity contribution in [3.8, 4) is 0 Å². The van der Waals surface area contributed by atoms with Gasteiger partial charge in [-0.15, -0.1) is 0 Å². The van der Waals surface area contributed by atoms with Gasteiger partial charge in [-0.3, -0.25) is 0 Å². The maximum atomic E-state index is 3.66. The number of hydrogen-bond donors (Lipinski definition) is 2. The highest BCUT2D eigenvalue weighted by atomic mass is 32.2. The van der Waals surface area contributed by atoms with Crippen molar-refractivity contribution in [3.63, 3.8) is 0 Å². The van der Waals surface area contributed by atoms with Crippen molar-refractivity contribution in [2.45, 2.75) is 18.1 Å². The normalized spacial score (nSPS) is 29.2. The highest BCUT2D eigenvalue weighted by molar-refractivity contribution is 8.06. The summed E-state index contributed by atoms with van der Waals surface area (Å²) >= 11 is 4.27. The second kappa shape index (κ2) is 7.05. The van der Waals surface area contributed by atoms with Crippen LogP contribution in [0.15, 0.2) is 0 Å². The van der Waals surface area contributed by atoms with E-state index in [-0.39, 0.29) is 0 Å². The molecule has 2 nitrogen and oxygen atoms in total. The van der Waals surface area contributed by atoms with Crippen LogP contribution in [-0.2, 0) is 0 Å². The molecule has 2 saturated heterocycles. The number of nitrogens with one attached hydrogen (secondary N) is 2. The number of thioether (sulfide) groups is 2. The molecular formula is C11H22N2S2. The lowest BCUT2D eigenvalue weighted by molar-refractivity contribution is 0.358. The molecule has 2 rings (SSSR count). The van der Waals surface area contributed by atoms with Crippen molar-refractivity contribution in [1.29, 1.82) is 0 Å². The van der Waals surface area contributed by atoms with Gasteiger partial charge in [-0.1, -0.05) is 0 Å². The molecule has 0 aromatic carbocycles. The zero-order valence-corrected chi connectivity index (χ0v) is 11.0. The summed E-state index contributed by atoms with van der Waals surface area (Å²) in [7, 11) is 0. The summed E-state index contributed by atoms with van der Waals surface area (Å²) in [6.45, 7) is 4.91. The third-order valence-electron chi connectivity index (χ3n) is 3.15. The first-order valence-corrected chi connectivity index (χ1v) is 8.26. The zero-order chi connectivity index (χ0) is 10.3. The average molecular weight is 246 g/mol. The van der Waals surface area contributed by atoms with E-state index in [0.29, 0.717) is 0 Å². The van der Waals surface area contributed by atoms with Crippen LogP contribution in [0.1, 0.15) is 12.8 Å². The Hall–Kier alpha value is 0.620. The maximum Gasteiger partial charge on any atom is 0.0263 e. The number of hydrogen-bond acceptors (Lipinski definition) is 4. The van der Waals surface area contributed by atoms with Crippen LogP contribution >= 0.6 is 23.5 Å². The van der Waals surface area contributed by atoms with Gasteiger partial charge in [0.25, 0.3) is 0 Å². The molecule has 88 valence electrons. The minimum absolute atomic E-state index is 0.866. The first-order valence-electron chi connectivity index (χ1n) is 6.06. The van der Waals surface area contributed by atoms with Crippen LogP contribution in [-0.4, -0.2) is 48.7 Å². The smallest absolute Gasteiger partial charge is 0.0263 e. The topological polar surface area (TPSA) is 24.1 Å². The lowest BCUT2D eigenvalue weighted by atomic mass is 9.98. The summed E-state index contributed by atoms with van der Waals surface area (Å²) in [4.78, 5) is 0. The molecule has 0 amide bonds. The Bertz CT molecular complexity index is 148. The molecule has 4 heteroatoms. The van der Waals surface area contributed by atoms with Gasteiger partial charge in [0, 0.05) is 29.1 Å². The minimum Gasteiger partial charge on any atom is -0.317 e. The Balaban J connectivity index is 1.53. The van der Waals surface area contributed by atoms with E-state index in [9.17, 15) is 0 Å². The van der Waals surface area contributed by atoms with E-state index in [1.807, 2.05) is 0 Å². The number of rotatable bonds is 4. The third-order valence-corrected chi connectivity index (χ3v) is 5.99. The molecular weight excluding hydrogens is 224 g/mol. The highest BCUT2D eigenvalue weighted by Crippen LogP contribution is 2.23. The first kappa shape index (κ1) is 12.1. The summed E-state index contributed by atoms with van der Waals surface area (Å²) < 4.78 is 0. The molecule has 0 spiro atoms. The summed E-state index contributed by atoms with van der Waals surface area (Å²) in [5.41, 5.74) is 0. The van der Waals surface area contributed by atoms with Gasteiger partial charge >= 0.3 is 0 Å². The van der Waals surface area contributed by atoms with Gasteiger partial charge in [-0.05, 0) is 38.4 Å². The van der Waals surface area contributed by atoms with Crippen LogP contribution in [0.4, 0.5) is 0 Å². The summed E-state index contributed by atoms with van der Waals surface area (Å²) in [6.07, 6.45) is 2.72. The van der Waals surface area contributed by atoms with E-state index >= 15 is 0 Å². The monoisotopic (exact) mass is 246 g/mol. The van der Waals surface area contributed by atoms with Crippen LogP contribution in [0.2, 0.25) is 0 Å². The summed E-state index contributed by atoms with van der Waals surface area (Å²) in [6, 6.07) is 0. The molecule has 0 aliphatic carbocycles. The van der Waals surface area contributed by atoms with Gasteiger partial charge < -0.3 is 10.6 Å². The molecule has 0 saturated carbocycles. The quantitative estimate of drug-likeness (QED) is 0.783. The van der Waals surface area contributed by atoms with E-state index in [1.165, 1.54) is 56.3 Å². The average Bonchev–Trinajstić information content (AvgIpc) is 2.32. The summed E-state index contributed by atoms with van der Waals surface area (Å²) in [5.74, 6) is 4.98. The van der Waals surface area contributed by atoms with E-state index in [2.05, 4.69) is 34.2 Å². The lowest BCUT2D eigenvalue weighted by Gasteiger charge is -2.25. The predicted octanol–water partition coefficient (Wildman–Crippen LogP) is 1.42. The fourth-order valence-corrected chi connectivity index (χ4v) is 4.84. The molecule has 1 atom stereocenters. The van der Waals surface area contributed by atoms with E-state index in [4.69, 9.17) is 0 Å². The van der Waals surface area contributed by atoms with Crippen LogP contribution in [0, 0.1) is 5.92 Å². The van der Waals surface area contributed by atoms with Crippen molar-refractivity contribution < 1.29 is 0 Å². The van der Waals surface area contributed by atoms with Gasteiger partial charge in [0.15, 0.2) is 0 Å². The van der Waals surface area contributed by atoms with Crippen molar-refractivity contribution in [1.82, 2.24) is 10.6 Å². The molecule has 0 aromatic rings. The SMILES string of the molecule is C1CC(CNCC2CSCCS2)CCN1. The molecule has 0 bridgehead atoms. The third kappa shape index (κ3) is 4.55. The molecule has 2 N–H and O–H groups in total. The van der Waals surface area contributed by atoms with Crippen LogP contribution in [0.3, 0.4) is 0 Å². The lowest BCUT2D eigenvalue weighted by Crippen LogP contribution is -2.36. The van der Waals surface area contributed by atoms with Crippen LogP contribution in [0.25, 0.3) is 0 Å². The van der Waals surface area contributed by atoms with Crippen molar-refractivity contribution in [2.75, 3.05) is 43.4 Å². The van der Waals surface area contributed by atoms with Crippen LogP contribution < -0.4 is 10.6 Å². The predicted molar refractivity (Wildman–Crippen MR) is 72.0 cm³/mol. The van der Waals surface area contributed by atoms with E-state index < -0.39 is 0 Å². The summed E-state index contributed by atoms with van der Waals surface area (Å²) in [5, 5.41) is 7.95. The molecule has 15 heavy (non-hydrogen) atoms. The largest absolute Gasteiger partial charge is 0.317 e. The molecule has 2 aliphatic rings. The van der Waals surface area contributed by atoms with E-state index in [0.717, 1.165) is 11.2 Å². The molecule has 0 radical (unpaired) electrons. The maximum absolute atomic E-state index is 3.66. The second-order valence-electron chi connectivity index (χ2n) is 4.42. The van der Waals surface area contributed by atoms with Crippen molar-refractivity contribution in [3.05, 3.63) is 0 Å². The molecule has 2 heterocycles. The van der Waals surface area contributed by atoms with Crippen LogP contribution in [0.5, 0.6) is 0 Å². The second-order valence-corrected chi connectivity index (χ2v) is 6.98. The highest BCUT2D eigenvalue weighted by Gasteiger charge is 2.16. The Morgan fingerprint density at radius 3 is 2.73 bits per heavy atom. The zero-order valence-electron chi connectivity index (χ0n) is 9.34. The molecule has 1 unspecified atom stereocenters. The molecule has 2 aliphatic heterocycles. The Kier molecular flexibility index (Phi) is 5.68. The minimum atomic E-state index is 0.866. The van der Waals surface area contributed by atoms with Gasteiger partial charge in [0.05, 0.1) is 0 Å². The Morgan fingerprint density at radius 2 is 2.00 bits per heavy atom. The fourth-order valence-electron chi connectivity index (χ4n) is 2.19.